The number of nitrogens with two attached hydrogens (primary N) is 1. The Morgan fingerprint density at radius 1 is 1.47 bits per heavy atom. The molecule has 4 atom stereocenters. The molecule has 0 radical (unpaired) electrons. The minimum absolute atomic E-state index is 0.0650. The molecule has 1 saturated heterocycles. The van der Waals surface area contributed by atoms with Gasteiger partial charge in [0.1, 0.15) is 5.82 Å². The zero-order valence-electron chi connectivity index (χ0n) is 11.2. The lowest BCUT2D eigenvalue weighted by Gasteiger charge is -2.26. The van der Waals surface area contributed by atoms with Crippen molar-refractivity contribution in [1.29, 1.82) is 0 Å². The number of carbonyl (C=O) groups excluding carboxylic acids is 1. The molecule has 3 unspecified atom stereocenters. The van der Waals surface area contributed by atoms with Crippen LogP contribution < -0.4 is 11.1 Å². The molecule has 2 aliphatic rings. The number of hydrogen-bond donors (Lipinski definition) is 2. The molecule has 1 aliphatic carbocycles. The zero-order valence-corrected chi connectivity index (χ0v) is 11.2. The van der Waals surface area contributed by atoms with Crippen molar-refractivity contribution >= 4 is 5.91 Å². The van der Waals surface area contributed by atoms with Crippen molar-refractivity contribution in [2.45, 2.75) is 44.2 Å². The maximum atomic E-state index is 13.0. The highest BCUT2D eigenvalue weighted by Crippen LogP contribution is 2.68. The van der Waals surface area contributed by atoms with Crippen LogP contribution in [-0.2, 0) is 4.79 Å². The van der Waals surface area contributed by atoms with Crippen LogP contribution >= 0.6 is 0 Å². The number of benzene rings is 1. The summed E-state index contributed by atoms with van der Waals surface area (Å²) in [4.78, 5) is 11.4. The van der Waals surface area contributed by atoms with E-state index in [1.807, 2.05) is 12.1 Å². The maximum Gasteiger partial charge on any atom is 0.234 e. The van der Waals surface area contributed by atoms with Crippen molar-refractivity contribution in [3.05, 3.63) is 35.6 Å². The summed E-state index contributed by atoms with van der Waals surface area (Å²) < 4.78 is 13.0. The first-order valence-electron chi connectivity index (χ1n) is 6.70. The number of amides is 1. The number of hydrogen-bond acceptors (Lipinski definition) is 2. The third-order valence-electron chi connectivity index (χ3n) is 5.16. The quantitative estimate of drug-likeness (QED) is 0.874. The predicted molar refractivity (Wildman–Crippen MR) is 71.0 cm³/mol. The van der Waals surface area contributed by atoms with Crippen molar-refractivity contribution in [3.8, 4) is 0 Å². The third kappa shape index (κ3) is 1.70. The van der Waals surface area contributed by atoms with Gasteiger partial charge in [-0.1, -0.05) is 26.0 Å². The molecule has 102 valence electrons. The highest BCUT2D eigenvalue weighted by molar-refractivity contribution is 5.81. The van der Waals surface area contributed by atoms with Gasteiger partial charge in [0, 0.05) is 5.54 Å². The van der Waals surface area contributed by atoms with Crippen molar-refractivity contribution in [2.75, 3.05) is 0 Å². The standard InChI is InChI=1S/C15H19FN2O/c1-9(10-3-5-11(16)6-4-10)15-8-14(15,2)7-12(18-15)13(17)19/h3-6,9,12,18H,7-8H2,1-2H3,(H2,17,19)/t9-,12?,14?,15?/m0/s1. The first-order valence-corrected chi connectivity index (χ1v) is 6.70. The minimum atomic E-state index is -0.279. The van der Waals surface area contributed by atoms with Gasteiger partial charge in [0.2, 0.25) is 5.91 Å². The van der Waals surface area contributed by atoms with Crippen molar-refractivity contribution in [3.63, 3.8) is 0 Å². The maximum absolute atomic E-state index is 13.0. The van der Waals surface area contributed by atoms with E-state index in [0.717, 1.165) is 18.4 Å². The molecule has 2 fully saturated rings. The zero-order chi connectivity index (χ0) is 13.8. The van der Waals surface area contributed by atoms with Crippen LogP contribution in [0.1, 0.15) is 38.2 Å². The Balaban J connectivity index is 1.86. The number of halogens is 1. The number of piperidine rings is 1. The summed E-state index contributed by atoms with van der Waals surface area (Å²) in [6.07, 6.45) is 1.84. The molecule has 19 heavy (non-hydrogen) atoms. The van der Waals surface area contributed by atoms with E-state index in [-0.39, 0.29) is 34.6 Å². The first kappa shape index (κ1) is 12.6. The van der Waals surface area contributed by atoms with Gasteiger partial charge in [-0.25, -0.2) is 4.39 Å². The molecule has 1 aromatic carbocycles. The Kier molecular flexibility index (Phi) is 2.52. The largest absolute Gasteiger partial charge is 0.368 e. The number of primary amides is 1. The van der Waals surface area contributed by atoms with E-state index >= 15 is 0 Å². The van der Waals surface area contributed by atoms with E-state index in [9.17, 15) is 9.18 Å². The SMILES string of the molecule is C[C@@H](c1ccc(F)cc1)C12CC1(C)CC(C(N)=O)N2. The van der Waals surface area contributed by atoms with E-state index in [1.165, 1.54) is 12.1 Å². The van der Waals surface area contributed by atoms with E-state index in [0.29, 0.717) is 0 Å². The van der Waals surface area contributed by atoms with Gasteiger partial charge in [0.25, 0.3) is 0 Å². The summed E-state index contributed by atoms with van der Waals surface area (Å²) in [6, 6.07) is 6.40. The molecule has 1 heterocycles. The topological polar surface area (TPSA) is 55.1 Å². The molecule has 1 aliphatic heterocycles. The van der Waals surface area contributed by atoms with E-state index in [2.05, 4.69) is 19.2 Å². The predicted octanol–water partition coefficient (Wildman–Crippen LogP) is 1.93. The van der Waals surface area contributed by atoms with E-state index in [4.69, 9.17) is 5.73 Å². The van der Waals surface area contributed by atoms with Crippen molar-refractivity contribution in [2.24, 2.45) is 11.1 Å². The number of nitrogens with one attached hydrogen (secondary N) is 1. The Bertz CT molecular complexity index is 529. The second-order valence-corrected chi connectivity index (χ2v) is 6.29. The summed E-state index contributed by atoms with van der Waals surface area (Å²) >= 11 is 0. The molecule has 0 spiro atoms. The van der Waals surface area contributed by atoms with Crippen LogP contribution in [0.15, 0.2) is 24.3 Å². The van der Waals surface area contributed by atoms with Gasteiger partial charge in [-0.3, -0.25) is 10.1 Å². The molecular formula is C15H19FN2O. The molecule has 0 bridgehead atoms. The average Bonchev–Trinajstić information content (AvgIpc) is 2.83. The lowest BCUT2D eigenvalue weighted by molar-refractivity contribution is -0.120. The minimum Gasteiger partial charge on any atom is -0.368 e. The molecular weight excluding hydrogens is 243 g/mol. The van der Waals surface area contributed by atoms with Crippen molar-refractivity contribution in [1.82, 2.24) is 5.32 Å². The van der Waals surface area contributed by atoms with Gasteiger partial charge in [0.05, 0.1) is 6.04 Å². The van der Waals surface area contributed by atoms with Gasteiger partial charge in [-0.05, 0) is 41.9 Å². The molecule has 1 aromatic rings. The summed E-state index contributed by atoms with van der Waals surface area (Å²) in [6.45, 7) is 4.33. The Hall–Kier alpha value is -1.42. The number of carbonyl (C=O) groups is 1. The summed E-state index contributed by atoms with van der Waals surface area (Å²) in [7, 11) is 0. The normalized spacial score (nSPS) is 37.7. The Morgan fingerprint density at radius 2 is 2.11 bits per heavy atom. The van der Waals surface area contributed by atoms with Gasteiger partial charge in [0.15, 0.2) is 0 Å². The third-order valence-corrected chi connectivity index (χ3v) is 5.16. The molecule has 4 heteroatoms. The highest BCUT2D eigenvalue weighted by Gasteiger charge is 2.72. The van der Waals surface area contributed by atoms with Gasteiger partial charge in [-0.15, -0.1) is 0 Å². The van der Waals surface area contributed by atoms with Gasteiger partial charge < -0.3 is 5.73 Å². The molecule has 1 amide bonds. The second kappa shape index (κ2) is 3.79. The summed E-state index contributed by atoms with van der Waals surface area (Å²) in [5.41, 5.74) is 6.57. The Labute approximate surface area is 112 Å². The lowest BCUT2D eigenvalue weighted by Crippen LogP contribution is -2.45. The summed E-state index contributed by atoms with van der Waals surface area (Å²) in [5.74, 6) is -0.261. The van der Waals surface area contributed by atoms with Crippen LogP contribution in [0.5, 0.6) is 0 Å². The molecule has 1 saturated carbocycles. The molecule has 3 nitrogen and oxygen atoms in total. The second-order valence-electron chi connectivity index (χ2n) is 6.29. The van der Waals surface area contributed by atoms with Gasteiger partial charge in [-0.2, -0.15) is 0 Å². The lowest BCUT2D eigenvalue weighted by atomic mass is 9.86. The van der Waals surface area contributed by atoms with Crippen LogP contribution in [-0.4, -0.2) is 17.5 Å². The molecule has 3 N–H and O–H groups in total. The van der Waals surface area contributed by atoms with Crippen LogP contribution in [0.25, 0.3) is 0 Å². The van der Waals surface area contributed by atoms with Crippen LogP contribution in [0.2, 0.25) is 0 Å². The first-order chi connectivity index (χ1) is 8.88. The molecule has 0 aromatic heterocycles. The monoisotopic (exact) mass is 262 g/mol. The molecule has 3 rings (SSSR count). The smallest absolute Gasteiger partial charge is 0.234 e. The summed E-state index contributed by atoms with van der Waals surface area (Å²) in [5, 5.41) is 3.43. The fourth-order valence-electron chi connectivity index (χ4n) is 3.87. The van der Waals surface area contributed by atoms with Crippen molar-refractivity contribution < 1.29 is 9.18 Å². The number of fused-ring (bicyclic) bond motifs is 1. The van der Waals surface area contributed by atoms with Crippen LogP contribution in [0, 0.1) is 11.2 Å². The highest BCUT2D eigenvalue weighted by atomic mass is 19.1. The van der Waals surface area contributed by atoms with Crippen LogP contribution in [0.4, 0.5) is 4.39 Å². The number of rotatable bonds is 3. The average molecular weight is 262 g/mol. The van der Waals surface area contributed by atoms with E-state index < -0.39 is 0 Å². The fraction of sp³-hybridized carbons (Fsp3) is 0.533. The van der Waals surface area contributed by atoms with E-state index in [1.54, 1.807) is 0 Å². The van der Waals surface area contributed by atoms with Gasteiger partial charge >= 0.3 is 0 Å². The Morgan fingerprint density at radius 3 is 2.63 bits per heavy atom. The van der Waals surface area contributed by atoms with Crippen LogP contribution in [0.3, 0.4) is 0 Å². The fourth-order valence-corrected chi connectivity index (χ4v) is 3.87.